The molecule has 30 heavy (non-hydrogen) atoms. The minimum absolute atomic E-state index is 0.0471. The summed E-state index contributed by atoms with van der Waals surface area (Å²) in [6, 6.07) is 12.4. The second-order valence-corrected chi connectivity index (χ2v) is 7.02. The number of amides is 3. The summed E-state index contributed by atoms with van der Waals surface area (Å²) in [5, 5.41) is 11.5. The SMILES string of the molecule is CCCCNC(=O)c1cccc(NCC(=O)Nc2ccc(C)c(NC(=O)CC)c2)c1. The second-order valence-electron chi connectivity index (χ2n) is 7.02. The normalized spacial score (nSPS) is 10.2. The highest BCUT2D eigenvalue weighted by Crippen LogP contribution is 2.20. The molecule has 0 aliphatic rings. The van der Waals surface area contributed by atoms with Crippen LogP contribution < -0.4 is 21.3 Å². The quantitative estimate of drug-likeness (QED) is 0.446. The summed E-state index contributed by atoms with van der Waals surface area (Å²) >= 11 is 0. The lowest BCUT2D eigenvalue weighted by molar-refractivity contribution is -0.116. The van der Waals surface area contributed by atoms with Crippen molar-refractivity contribution in [1.29, 1.82) is 0 Å². The van der Waals surface area contributed by atoms with Gasteiger partial charge in [0.05, 0.1) is 6.54 Å². The molecule has 160 valence electrons. The first-order valence-electron chi connectivity index (χ1n) is 10.3. The molecule has 2 aromatic rings. The molecule has 4 N–H and O–H groups in total. The van der Waals surface area contributed by atoms with Crippen molar-refractivity contribution in [3.63, 3.8) is 0 Å². The van der Waals surface area contributed by atoms with E-state index in [-0.39, 0.29) is 24.3 Å². The van der Waals surface area contributed by atoms with Gasteiger partial charge in [0.25, 0.3) is 5.91 Å². The third-order valence-corrected chi connectivity index (χ3v) is 4.51. The largest absolute Gasteiger partial charge is 0.376 e. The maximum atomic E-state index is 12.3. The number of benzene rings is 2. The highest BCUT2D eigenvalue weighted by molar-refractivity contribution is 5.97. The minimum atomic E-state index is -0.232. The molecule has 2 aromatic carbocycles. The number of hydrogen-bond acceptors (Lipinski definition) is 4. The zero-order valence-corrected chi connectivity index (χ0v) is 17.8. The monoisotopic (exact) mass is 410 g/mol. The Hall–Kier alpha value is -3.35. The number of anilines is 3. The Bertz CT molecular complexity index is 896. The van der Waals surface area contributed by atoms with Crippen molar-refractivity contribution in [1.82, 2.24) is 5.32 Å². The zero-order valence-electron chi connectivity index (χ0n) is 17.8. The van der Waals surface area contributed by atoms with E-state index in [0.717, 1.165) is 18.4 Å². The van der Waals surface area contributed by atoms with Crippen molar-refractivity contribution in [2.24, 2.45) is 0 Å². The average Bonchev–Trinajstić information content (AvgIpc) is 2.74. The van der Waals surface area contributed by atoms with E-state index in [0.29, 0.717) is 35.6 Å². The molecule has 0 aromatic heterocycles. The van der Waals surface area contributed by atoms with Gasteiger partial charge in [-0.2, -0.15) is 0 Å². The van der Waals surface area contributed by atoms with Gasteiger partial charge in [0, 0.05) is 35.6 Å². The fourth-order valence-corrected chi connectivity index (χ4v) is 2.71. The van der Waals surface area contributed by atoms with E-state index in [1.807, 2.05) is 13.0 Å². The maximum Gasteiger partial charge on any atom is 0.251 e. The lowest BCUT2D eigenvalue weighted by Crippen LogP contribution is -2.25. The Kier molecular flexibility index (Phi) is 8.87. The number of carbonyl (C=O) groups excluding carboxylic acids is 3. The summed E-state index contributed by atoms with van der Waals surface area (Å²) in [6.45, 7) is 6.44. The van der Waals surface area contributed by atoms with Crippen LogP contribution in [0.5, 0.6) is 0 Å². The average molecular weight is 411 g/mol. The summed E-state index contributed by atoms with van der Waals surface area (Å²) in [4.78, 5) is 36.1. The molecule has 0 bridgehead atoms. The lowest BCUT2D eigenvalue weighted by atomic mass is 10.1. The standard InChI is InChI=1S/C23H30N4O3/c1-4-6-12-24-23(30)17-8-7-9-18(13-17)25-15-22(29)26-19-11-10-16(3)20(14-19)27-21(28)5-2/h7-11,13-14,25H,4-6,12,15H2,1-3H3,(H,24,30)(H,26,29)(H,27,28). The van der Waals surface area contributed by atoms with Crippen LogP contribution in [0.1, 0.15) is 49.0 Å². The molecule has 0 radical (unpaired) electrons. The van der Waals surface area contributed by atoms with E-state index in [1.54, 1.807) is 43.3 Å². The Labute approximate surface area is 177 Å². The van der Waals surface area contributed by atoms with Crippen LogP contribution in [0.4, 0.5) is 17.1 Å². The molecule has 0 unspecified atom stereocenters. The third-order valence-electron chi connectivity index (χ3n) is 4.51. The molecule has 0 aliphatic heterocycles. The Morgan fingerprint density at radius 1 is 0.900 bits per heavy atom. The predicted octanol–water partition coefficient (Wildman–Crippen LogP) is 3.92. The topological polar surface area (TPSA) is 99.3 Å². The van der Waals surface area contributed by atoms with Crippen LogP contribution >= 0.6 is 0 Å². The molecule has 3 amide bonds. The molecule has 7 heteroatoms. The highest BCUT2D eigenvalue weighted by atomic mass is 16.2. The molecule has 0 saturated carbocycles. The number of nitrogens with one attached hydrogen (secondary N) is 4. The van der Waals surface area contributed by atoms with E-state index in [4.69, 9.17) is 0 Å². The summed E-state index contributed by atoms with van der Waals surface area (Å²) in [6.07, 6.45) is 2.34. The Balaban J connectivity index is 1.92. The third kappa shape index (κ3) is 7.24. The van der Waals surface area contributed by atoms with Crippen molar-refractivity contribution in [2.75, 3.05) is 29.0 Å². The number of unbranched alkanes of at least 4 members (excludes halogenated alkanes) is 1. The molecular formula is C23H30N4O3. The molecule has 2 rings (SSSR count). The van der Waals surface area contributed by atoms with Gasteiger partial charge in [0.1, 0.15) is 0 Å². The van der Waals surface area contributed by atoms with E-state index < -0.39 is 0 Å². The molecule has 0 heterocycles. The van der Waals surface area contributed by atoms with Gasteiger partial charge in [-0.3, -0.25) is 14.4 Å². The van der Waals surface area contributed by atoms with Crippen molar-refractivity contribution in [3.05, 3.63) is 53.6 Å². The van der Waals surface area contributed by atoms with Crippen LogP contribution in [0, 0.1) is 6.92 Å². The van der Waals surface area contributed by atoms with Crippen molar-refractivity contribution < 1.29 is 14.4 Å². The van der Waals surface area contributed by atoms with Crippen LogP contribution in [0.2, 0.25) is 0 Å². The van der Waals surface area contributed by atoms with Crippen LogP contribution in [0.25, 0.3) is 0 Å². The molecular weight excluding hydrogens is 380 g/mol. The van der Waals surface area contributed by atoms with Gasteiger partial charge >= 0.3 is 0 Å². The van der Waals surface area contributed by atoms with Crippen molar-refractivity contribution in [2.45, 2.75) is 40.0 Å². The van der Waals surface area contributed by atoms with E-state index in [2.05, 4.69) is 28.2 Å². The molecule has 7 nitrogen and oxygen atoms in total. The Morgan fingerprint density at radius 2 is 1.70 bits per heavy atom. The predicted molar refractivity (Wildman–Crippen MR) is 121 cm³/mol. The van der Waals surface area contributed by atoms with Crippen LogP contribution in [0.3, 0.4) is 0 Å². The van der Waals surface area contributed by atoms with Gasteiger partial charge in [-0.05, 0) is 49.2 Å². The molecule has 0 atom stereocenters. The summed E-state index contributed by atoms with van der Waals surface area (Å²) < 4.78 is 0. The fourth-order valence-electron chi connectivity index (χ4n) is 2.71. The van der Waals surface area contributed by atoms with Gasteiger partial charge in [-0.15, -0.1) is 0 Å². The summed E-state index contributed by atoms with van der Waals surface area (Å²) in [5.41, 5.74) is 3.43. The fraction of sp³-hybridized carbons (Fsp3) is 0.348. The van der Waals surface area contributed by atoms with Gasteiger partial charge in [-0.1, -0.05) is 32.4 Å². The van der Waals surface area contributed by atoms with Gasteiger partial charge in [0.15, 0.2) is 0 Å². The minimum Gasteiger partial charge on any atom is -0.376 e. The smallest absolute Gasteiger partial charge is 0.251 e. The van der Waals surface area contributed by atoms with Crippen molar-refractivity contribution >= 4 is 34.8 Å². The summed E-state index contributed by atoms with van der Waals surface area (Å²) in [7, 11) is 0. The summed E-state index contributed by atoms with van der Waals surface area (Å²) in [5.74, 6) is -0.441. The van der Waals surface area contributed by atoms with Crippen LogP contribution in [-0.4, -0.2) is 30.8 Å². The first kappa shape index (κ1) is 22.9. The van der Waals surface area contributed by atoms with Gasteiger partial charge in [0.2, 0.25) is 11.8 Å². The maximum absolute atomic E-state index is 12.3. The number of rotatable bonds is 10. The Morgan fingerprint density at radius 3 is 2.43 bits per heavy atom. The van der Waals surface area contributed by atoms with Gasteiger partial charge in [-0.25, -0.2) is 0 Å². The molecule has 0 saturated heterocycles. The highest BCUT2D eigenvalue weighted by Gasteiger charge is 2.09. The van der Waals surface area contributed by atoms with Crippen LogP contribution in [-0.2, 0) is 9.59 Å². The number of hydrogen-bond donors (Lipinski definition) is 4. The van der Waals surface area contributed by atoms with E-state index in [1.165, 1.54) is 0 Å². The van der Waals surface area contributed by atoms with Crippen molar-refractivity contribution in [3.8, 4) is 0 Å². The van der Waals surface area contributed by atoms with E-state index in [9.17, 15) is 14.4 Å². The lowest BCUT2D eigenvalue weighted by Gasteiger charge is -2.12. The number of carbonyl (C=O) groups is 3. The number of aryl methyl sites for hydroxylation is 1. The first-order valence-corrected chi connectivity index (χ1v) is 10.3. The van der Waals surface area contributed by atoms with Gasteiger partial charge < -0.3 is 21.3 Å². The molecule has 0 spiro atoms. The second kappa shape index (κ2) is 11.6. The zero-order chi connectivity index (χ0) is 21.9. The first-order chi connectivity index (χ1) is 14.4. The molecule has 0 aliphatic carbocycles. The van der Waals surface area contributed by atoms with E-state index >= 15 is 0 Å². The molecule has 0 fully saturated rings. The van der Waals surface area contributed by atoms with Crippen LogP contribution in [0.15, 0.2) is 42.5 Å².